The maximum absolute atomic E-state index is 13.9. The van der Waals surface area contributed by atoms with Crippen LogP contribution in [0, 0.1) is 40.4 Å². The third kappa shape index (κ3) is 3.25. The van der Waals surface area contributed by atoms with Gasteiger partial charge in [0.25, 0.3) is 0 Å². The average molecular weight is 464 g/mol. The van der Waals surface area contributed by atoms with Crippen LogP contribution in [0.2, 0.25) is 0 Å². The third-order valence-electron chi connectivity index (χ3n) is 11.4. The van der Waals surface area contributed by atoms with Crippen LogP contribution in [-0.2, 0) is 4.79 Å². The van der Waals surface area contributed by atoms with Gasteiger partial charge in [-0.2, -0.15) is 15.0 Å². The molecule has 4 aliphatic rings. The zero-order valence-electron chi connectivity index (χ0n) is 21.3. The molecule has 0 aliphatic heterocycles. The van der Waals surface area contributed by atoms with Crippen LogP contribution in [0.5, 0.6) is 0 Å². The summed E-state index contributed by atoms with van der Waals surface area (Å²) < 4.78 is 0. The molecule has 1 aromatic heterocycles. The summed E-state index contributed by atoms with van der Waals surface area (Å²) in [6.07, 6.45) is 10.2. The molecule has 6 rings (SSSR count). The quantitative estimate of drug-likeness (QED) is 0.609. The van der Waals surface area contributed by atoms with Crippen LogP contribution in [0.4, 0.5) is 0 Å². The highest BCUT2D eigenvalue weighted by atomic mass is 16.3. The lowest BCUT2D eigenvalue weighted by molar-refractivity contribution is -0.151. The lowest BCUT2D eigenvalue weighted by Gasteiger charge is -2.61. The Labute approximate surface area is 203 Å². The molecule has 0 amide bonds. The number of hydrogen-bond donors (Lipinski definition) is 1. The molecule has 5 nitrogen and oxygen atoms in total. The van der Waals surface area contributed by atoms with Crippen molar-refractivity contribution in [2.75, 3.05) is 0 Å². The number of Topliss-reactive ketones (excluding diaryl/α,β-unsaturated/α-hetero) is 1. The maximum atomic E-state index is 13.9. The number of benzene rings is 1. The lowest BCUT2D eigenvalue weighted by Crippen LogP contribution is -2.55. The zero-order chi connectivity index (χ0) is 23.9. The molecule has 0 saturated heterocycles. The van der Waals surface area contributed by atoms with Crippen molar-refractivity contribution in [1.29, 1.82) is 0 Å². The number of carbonyl (C=O) groups is 1. The molecule has 0 spiro atoms. The predicted molar refractivity (Wildman–Crippen MR) is 133 cm³/mol. The van der Waals surface area contributed by atoms with Crippen molar-refractivity contribution >= 4 is 16.8 Å². The minimum absolute atomic E-state index is 0.0996. The van der Waals surface area contributed by atoms with Gasteiger partial charge in [-0.1, -0.05) is 26.0 Å². The van der Waals surface area contributed by atoms with Crippen LogP contribution >= 0.6 is 0 Å². The van der Waals surface area contributed by atoms with Crippen LogP contribution in [0.25, 0.3) is 11.0 Å². The minimum Gasteiger partial charge on any atom is -0.390 e. The molecular formula is C29H41N3O2. The van der Waals surface area contributed by atoms with E-state index in [9.17, 15) is 9.90 Å². The van der Waals surface area contributed by atoms with E-state index in [0.717, 1.165) is 55.0 Å². The van der Waals surface area contributed by atoms with E-state index in [1.165, 1.54) is 25.7 Å². The maximum Gasteiger partial charge on any atom is 0.162 e. The van der Waals surface area contributed by atoms with Gasteiger partial charge in [0.15, 0.2) is 5.78 Å². The molecule has 5 heteroatoms. The number of carbonyl (C=O) groups excluding carboxylic acids is 1. The molecule has 184 valence electrons. The molecule has 1 unspecified atom stereocenters. The first-order valence-corrected chi connectivity index (χ1v) is 13.7. The van der Waals surface area contributed by atoms with Gasteiger partial charge in [0.05, 0.1) is 5.60 Å². The van der Waals surface area contributed by atoms with Crippen molar-refractivity contribution in [3.8, 4) is 0 Å². The summed E-state index contributed by atoms with van der Waals surface area (Å²) in [4.78, 5) is 15.5. The molecule has 9 atom stereocenters. The Morgan fingerprint density at radius 1 is 0.941 bits per heavy atom. The standard InChI is InChI=1S/C29H41N3O2/c1-18(32-30-24-7-5-6-8-25(24)31-32)26(33)23-12-11-21-20-10-9-19-17-27(2,34)15-16-28(19,3)22(20)13-14-29(21,23)4/h5-8,18-23,34H,9-17H2,1-4H3/t18?,19-,20-,21-,22-,23+,27+,28-,29-/m0/s1. The van der Waals surface area contributed by atoms with Gasteiger partial charge in [-0.25, -0.2) is 0 Å². The van der Waals surface area contributed by atoms with E-state index in [4.69, 9.17) is 0 Å². The van der Waals surface area contributed by atoms with Crippen LogP contribution in [0.1, 0.15) is 91.5 Å². The van der Waals surface area contributed by atoms with Gasteiger partial charge in [-0.15, -0.1) is 0 Å². The average Bonchev–Trinajstić information content (AvgIpc) is 3.39. The molecule has 1 aromatic carbocycles. The molecule has 1 heterocycles. The highest BCUT2D eigenvalue weighted by Crippen LogP contribution is 2.68. The molecule has 4 saturated carbocycles. The summed E-state index contributed by atoms with van der Waals surface area (Å²) in [5.74, 6) is 3.24. The fraction of sp³-hybridized carbons (Fsp3) is 0.759. The fourth-order valence-corrected chi connectivity index (χ4v) is 9.35. The van der Waals surface area contributed by atoms with E-state index in [1.54, 1.807) is 4.80 Å². The Bertz CT molecular complexity index is 1070. The summed E-state index contributed by atoms with van der Waals surface area (Å²) in [5.41, 5.74) is 1.69. The summed E-state index contributed by atoms with van der Waals surface area (Å²) >= 11 is 0. The van der Waals surface area contributed by atoms with Gasteiger partial charge in [0.1, 0.15) is 17.1 Å². The first-order valence-electron chi connectivity index (χ1n) is 13.7. The number of fused-ring (bicyclic) bond motifs is 6. The second-order valence-corrected chi connectivity index (χ2v) is 13.1. The molecular weight excluding hydrogens is 422 g/mol. The van der Waals surface area contributed by atoms with Crippen LogP contribution in [0.15, 0.2) is 24.3 Å². The Balaban J connectivity index is 1.23. The van der Waals surface area contributed by atoms with Crippen molar-refractivity contribution in [2.45, 2.75) is 97.1 Å². The van der Waals surface area contributed by atoms with E-state index < -0.39 is 5.60 Å². The molecule has 0 radical (unpaired) electrons. The number of hydrogen-bond acceptors (Lipinski definition) is 4. The van der Waals surface area contributed by atoms with Crippen molar-refractivity contribution in [2.24, 2.45) is 40.4 Å². The Morgan fingerprint density at radius 2 is 1.62 bits per heavy atom. The molecule has 1 N–H and O–H groups in total. The van der Waals surface area contributed by atoms with E-state index in [1.807, 2.05) is 38.1 Å². The van der Waals surface area contributed by atoms with Crippen LogP contribution in [-0.4, -0.2) is 31.5 Å². The monoisotopic (exact) mass is 463 g/mol. The largest absolute Gasteiger partial charge is 0.390 e. The minimum atomic E-state index is -0.480. The first kappa shape index (κ1) is 22.7. The second kappa shape index (κ2) is 7.62. The van der Waals surface area contributed by atoms with Crippen LogP contribution < -0.4 is 0 Å². The Kier molecular flexibility index (Phi) is 5.09. The van der Waals surface area contributed by atoms with Gasteiger partial charge >= 0.3 is 0 Å². The number of rotatable bonds is 3. The normalized spacial score (nSPS) is 44.8. The zero-order valence-corrected chi connectivity index (χ0v) is 21.3. The highest BCUT2D eigenvalue weighted by Gasteiger charge is 2.62. The van der Waals surface area contributed by atoms with E-state index >= 15 is 0 Å². The number of ketones is 1. The molecule has 0 bridgehead atoms. The summed E-state index contributed by atoms with van der Waals surface area (Å²) in [5, 5.41) is 20.0. The van der Waals surface area contributed by atoms with Gasteiger partial charge in [0, 0.05) is 5.92 Å². The van der Waals surface area contributed by atoms with Gasteiger partial charge in [-0.05, 0) is 118 Å². The lowest BCUT2D eigenvalue weighted by atomic mass is 9.44. The Morgan fingerprint density at radius 3 is 2.32 bits per heavy atom. The van der Waals surface area contributed by atoms with Gasteiger partial charge in [-0.3, -0.25) is 4.79 Å². The highest BCUT2D eigenvalue weighted by molar-refractivity contribution is 5.86. The van der Waals surface area contributed by atoms with Gasteiger partial charge in [0.2, 0.25) is 0 Å². The van der Waals surface area contributed by atoms with Crippen molar-refractivity contribution < 1.29 is 9.90 Å². The van der Waals surface area contributed by atoms with E-state index in [2.05, 4.69) is 24.0 Å². The van der Waals surface area contributed by atoms with Crippen molar-refractivity contribution in [3.63, 3.8) is 0 Å². The molecule has 2 aromatic rings. The first-order chi connectivity index (χ1) is 16.1. The third-order valence-corrected chi connectivity index (χ3v) is 11.4. The summed E-state index contributed by atoms with van der Waals surface area (Å²) in [6.45, 7) is 9.01. The fourth-order valence-electron chi connectivity index (χ4n) is 9.35. The van der Waals surface area contributed by atoms with Crippen molar-refractivity contribution in [1.82, 2.24) is 15.0 Å². The molecule has 4 fully saturated rings. The van der Waals surface area contributed by atoms with E-state index in [0.29, 0.717) is 23.0 Å². The predicted octanol–water partition coefficient (Wildman–Crippen LogP) is 5.97. The van der Waals surface area contributed by atoms with E-state index in [-0.39, 0.29) is 17.4 Å². The van der Waals surface area contributed by atoms with Crippen molar-refractivity contribution in [3.05, 3.63) is 24.3 Å². The number of aromatic nitrogens is 3. The molecule has 4 aliphatic carbocycles. The summed E-state index contributed by atoms with van der Waals surface area (Å²) in [7, 11) is 0. The summed E-state index contributed by atoms with van der Waals surface area (Å²) in [6, 6.07) is 7.55. The topological polar surface area (TPSA) is 68.0 Å². The van der Waals surface area contributed by atoms with Gasteiger partial charge < -0.3 is 5.11 Å². The smallest absolute Gasteiger partial charge is 0.162 e. The Hall–Kier alpha value is -1.75. The SMILES string of the molecule is CC(C(=O)[C@H]1CC[C@H]2[C@@H]3CC[C@H]4C[C@](C)(O)CC[C@]4(C)[C@H]3CC[C@]12C)n1nc2ccccc2n1. The van der Waals surface area contributed by atoms with Crippen LogP contribution in [0.3, 0.4) is 0 Å². The number of aliphatic hydroxyl groups is 1. The number of nitrogens with zero attached hydrogens (tertiary/aromatic N) is 3. The second-order valence-electron chi connectivity index (χ2n) is 13.1. The molecule has 34 heavy (non-hydrogen) atoms.